The summed E-state index contributed by atoms with van der Waals surface area (Å²) in [5, 5.41) is 11.4. The first-order valence-corrected chi connectivity index (χ1v) is 12.4. The van der Waals surface area contributed by atoms with Crippen molar-refractivity contribution in [2.24, 2.45) is 0 Å². The number of Topliss-reactive ketones (excluding diaryl/α,β-unsaturated/α-hetero) is 1. The summed E-state index contributed by atoms with van der Waals surface area (Å²) >= 11 is 0.940. The number of hydrogen-bond donors (Lipinski definition) is 1. The highest BCUT2D eigenvalue weighted by atomic mass is 32.1. The number of benzene rings is 2. The van der Waals surface area contributed by atoms with Crippen molar-refractivity contribution in [3.8, 4) is 11.5 Å². The third kappa shape index (κ3) is 4.92. The van der Waals surface area contributed by atoms with Gasteiger partial charge in [-0.25, -0.2) is 9.78 Å². The molecule has 0 radical (unpaired) electrons. The minimum absolute atomic E-state index is 0.102. The maximum absolute atomic E-state index is 13.4. The fourth-order valence-electron chi connectivity index (χ4n) is 4.08. The molecule has 1 unspecified atom stereocenters. The molecular formula is C27H26N2O7S. The number of esters is 1. The third-order valence-electron chi connectivity index (χ3n) is 5.73. The van der Waals surface area contributed by atoms with Crippen molar-refractivity contribution in [1.29, 1.82) is 0 Å². The summed E-state index contributed by atoms with van der Waals surface area (Å²) in [7, 11) is 1.25. The van der Waals surface area contributed by atoms with E-state index >= 15 is 0 Å². The minimum Gasteiger partial charge on any atom is -0.507 e. The van der Waals surface area contributed by atoms with Crippen LogP contribution in [-0.2, 0) is 14.3 Å². The number of amides is 1. The van der Waals surface area contributed by atoms with Crippen molar-refractivity contribution in [3.63, 3.8) is 0 Å². The standard InChI is InChI=1S/C27H26N2O7S/c1-5-35-18-12-10-16(11-13-18)22(30)20-21(17-8-7-9-19(14-17)36-6-2)29(25(32)23(20)31)27-28-15(3)24(37-27)26(33)34-4/h7-14,21,30H,5-6H2,1-4H3/b22-20+. The van der Waals surface area contributed by atoms with Gasteiger partial charge in [0, 0.05) is 5.56 Å². The molecule has 1 atom stereocenters. The van der Waals surface area contributed by atoms with Crippen LogP contribution in [-0.4, -0.2) is 48.1 Å². The first kappa shape index (κ1) is 25.9. The van der Waals surface area contributed by atoms with Crippen LogP contribution in [0, 0.1) is 6.92 Å². The molecule has 1 aliphatic heterocycles. The number of aryl methyl sites for hydroxylation is 1. The van der Waals surface area contributed by atoms with Crippen LogP contribution < -0.4 is 14.4 Å². The number of thiazole rings is 1. The van der Waals surface area contributed by atoms with Crippen LogP contribution in [0.25, 0.3) is 5.76 Å². The number of ketones is 1. The maximum Gasteiger partial charge on any atom is 0.350 e. The molecule has 1 N–H and O–H groups in total. The maximum atomic E-state index is 13.4. The third-order valence-corrected chi connectivity index (χ3v) is 6.87. The van der Waals surface area contributed by atoms with Crippen LogP contribution in [0.4, 0.5) is 5.13 Å². The normalized spacial score (nSPS) is 16.6. The van der Waals surface area contributed by atoms with Crippen LogP contribution in [0.2, 0.25) is 0 Å². The first-order chi connectivity index (χ1) is 17.8. The Kier molecular flexibility index (Phi) is 7.58. The number of ether oxygens (including phenoxy) is 3. The molecule has 1 aromatic heterocycles. The Balaban J connectivity index is 1.90. The van der Waals surface area contributed by atoms with Crippen molar-refractivity contribution in [2.75, 3.05) is 25.2 Å². The highest BCUT2D eigenvalue weighted by Crippen LogP contribution is 2.44. The van der Waals surface area contributed by atoms with E-state index in [0.29, 0.717) is 41.5 Å². The molecule has 192 valence electrons. The number of nitrogens with zero attached hydrogens (tertiary/aromatic N) is 2. The van der Waals surface area contributed by atoms with Crippen LogP contribution in [0.15, 0.2) is 54.1 Å². The lowest BCUT2D eigenvalue weighted by atomic mass is 9.95. The Labute approximate surface area is 217 Å². The van der Waals surface area contributed by atoms with Gasteiger partial charge in [-0.05, 0) is 62.7 Å². The quantitative estimate of drug-likeness (QED) is 0.197. The second kappa shape index (κ2) is 10.8. The van der Waals surface area contributed by atoms with Gasteiger partial charge in [0.15, 0.2) is 5.13 Å². The number of carbonyl (C=O) groups excluding carboxylic acids is 3. The molecule has 2 aromatic carbocycles. The van der Waals surface area contributed by atoms with E-state index in [0.717, 1.165) is 11.3 Å². The largest absolute Gasteiger partial charge is 0.507 e. The lowest BCUT2D eigenvalue weighted by Crippen LogP contribution is -2.29. The van der Waals surface area contributed by atoms with Gasteiger partial charge in [-0.1, -0.05) is 23.5 Å². The number of carbonyl (C=O) groups is 3. The summed E-state index contributed by atoms with van der Waals surface area (Å²) in [6.07, 6.45) is 0. The van der Waals surface area contributed by atoms with Crippen molar-refractivity contribution < 1.29 is 33.7 Å². The summed E-state index contributed by atoms with van der Waals surface area (Å²) < 4.78 is 15.9. The van der Waals surface area contributed by atoms with Crippen LogP contribution in [0.1, 0.15) is 46.4 Å². The zero-order valence-electron chi connectivity index (χ0n) is 20.8. The highest BCUT2D eigenvalue weighted by molar-refractivity contribution is 7.17. The Hall–Kier alpha value is -4.18. The average molecular weight is 523 g/mol. The zero-order valence-corrected chi connectivity index (χ0v) is 21.6. The average Bonchev–Trinajstić information content (AvgIpc) is 3.40. The Morgan fingerprint density at radius 3 is 2.38 bits per heavy atom. The lowest BCUT2D eigenvalue weighted by molar-refractivity contribution is -0.132. The Morgan fingerprint density at radius 1 is 1.05 bits per heavy atom. The van der Waals surface area contributed by atoms with Crippen LogP contribution >= 0.6 is 11.3 Å². The number of anilines is 1. The zero-order chi connectivity index (χ0) is 26.7. The molecule has 2 heterocycles. The monoisotopic (exact) mass is 522 g/mol. The topological polar surface area (TPSA) is 115 Å². The van der Waals surface area contributed by atoms with Crippen molar-refractivity contribution in [1.82, 2.24) is 4.98 Å². The van der Waals surface area contributed by atoms with Gasteiger partial charge in [-0.2, -0.15) is 0 Å². The van der Waals surface area contributed by atoms with Gasteiger partial charge in [0.05, 0.1) is 37.6 Å². The van der Waals surface area contributed by atoms with Gasteiger partial charge in [-0.3, -0.25) is 14.5 Å². The molecule has 0 bridgehead atoms. The number of aromatic nitrogens is 1. The second-order valence-electron chi connectivity index (χ2n) is 8.03. The van der Waals surface area contributed by atoms with Gasteiger partial charge >= 0.3 is 11.9 Å². The molecule has 1 amide bonds. The van der Waals surface area contributed by atoms with Gasteiger partial charge in [0.25, 0.3) is 5.78 Å². The van der Waals surface area contributed by atoms with Gasteiger partial charge in [0.2, 0.25) is 0 Å². The van der Waals surface area contributed by atoms with Crippen LogP contribution in [0.3, 0.4) is 0 Å². The smallest absolute Gasteiger partial charge is 0.350 e. The predicted molar refractivity (Wildman–Crippen MR) is 138 cm³/mol. The van der Waals surface area contributed by atoms with Crippen LogP contribution in [0.5, 0.6) is 11.5 Å². The van der Waals surface area contributed by atoms with E-state index < -0.39 is 23.7 Å². The molecule has 9 nitrogen and oxygen atoms in total. The second-order valence-corrected chi connectivity index (χ2v) is 9.01. The Morgan fingerprint density at radius 2 is 1.73 bits per heavy atom. The fourth-order valence-corrected chi connectivity index (χ4v) is 5.10. The summed E-state index contributed by atoms with van der Waals surface area (Å²) in [4.78, 5) is 44.8. The van der Waals surface area contributed by atoms with Gasteiger partial charge in [0.1, 0.15) is 22.1 Å². The highest BCUT2D eigenvalue weighted by Gasteiger charge is 2.48. The molecule has 1 aliphatic rings. The number of aliphatic hydroxyl groups is 1. The summed E-state index contributed by atoms with van der Waals surface area (Å²) in [5.74, 6) is -1.53. The molecule has 10 heteroatoms. The molecule has 0 spiro atoms. The number of rotatable bonds is 8. The lowest BCUT2D eigenvalue weighted by Gasteiger charge is -2.23. The van der Waals surface area contributed by atoms with E-state index in [1.165, 1.54) is 12.0 Å². The van der Waals surface area contributed by atoms with E-state index in [1.807, 2.05) is 13.8 Å². The first-order valence-electron chi connectivity index (χ1n) is 11.6. The van der Waals surface area contributed by atoms with Crippen molar-refractivity contribution in [3.05, 3.63) is 75.8 Å². The molecule has 1 fully saturated rings. The minimum atomic E-state index is -1.01. The molecule has 0 saturated carbocycles. The molecule has 4 rings (SSSR count). The van der Waals surface area contributed by atoms with Gasteiger partial charge < -0.3 is 19.3 Å². The molecule has 1 saturated heterocycles. The van der Waals surface area contributed by atoms with Gasteiger partial charge in [-0.15, -0.1) is 0 Å². The number of methoxy groups -OCH3 is 1. The van der Waals surface area contributed by atoms with E-state index in [2.05, 4.69) is 4.98 Å². The van der Waals surface area contributed by atoms with Crippen molar-refractivity contribution >= 4 is 39.9 Å². The van der Waals surface area contributed by atoms with E-state index in [1.54, 1.807) is 55.5 Å². The molecule has 0 aliphatic carbocycles. The summed E-state index contributed by atoms with van der Waals surface area (Å²) in [6.45, 7) is 6.22. The van der Waals surface area contributed by atoms with Crippen molar-refractivity contribution in [2.45, 2.75) is 26.8 Å². The summed E-state index contributed by atoms with van der Waals surface area (Å²) in [5.41, 5.74) is 1.14. The number of hydrogen-bond acceptors (Lipinski definition) is 9. The molecule has 37 heavy (non-hydrogen) atoms. The SMILES string of the molecule is CCOc1ccc(/C(O)=C2\C(=O)C(=O)N(c3nc(C)c(C(=O)OC)s3)C2c2cccc(OCC)c2)cc1. The van der Waals surface area contributed by atoms with E-state index in [4.69, 9.17) is 14.2 Å². The summed E-state index contributed by atoms with van der Waals surface area (Å²) in [6, 6.07) is 12.5. The van der Waals surface area contributed by atoms with E-state index in [9.17, 15) is 19.5 Å². The molecule has 3 aromatic rings. The molecular weight excluding hydrogens is 496 g/mol. The fraction of sp³-hybridized carbons (Fsp3) is 0.259. The predicted octanol–water partition coefficient (Wildman–Crippen LogP) is 4.66. The Bertz CT molecular complexity index is 1380. The van der Waals surface area contributed by atoms with E-state index in [-0.39, 0.29) is 21.3 Å². The number of aliphatic hydroxyl groups excluding tert-OH is 1.